The molecule has 3 heteroatoms. The van der Waals surface area contributed by atoms with Gasteiger partial charge < -0.3 is 5.32 Å². The minimum atomic E-state index is 0.0910. The summed E-state index contributed by atoms with van der Waals surface area (Å²) in [5, 5.41) is 3.79. The second kappa shape index (κ2) is 3.18. The molecule has 0 bridgehead atoms. The third-order valence-corrected chi connectivity index (χ3v) is 6.18. The highest BCUT2D eigenvalue weighted by atomic mass is 31.0. The highest BCUT2D eigenvalue weighted by molar-refractivity contribution is 7.13. The Bertz CT molecular complexity index is 241. The molecular formula is C12H27N2P. The van der Waals surface area contributed by atoms with Crippen molar-refractivity contribution in [2.45, 2.75) is 77.5 Å². The van der Waals surface area contributed by atoms with Crippen LogP contribution in [0.25, 0.3) is 0 Å². The van der Waals surface area contributed by atoms with Crippen molar-refractivity contribution in [3.8, 4) is 0 Å². The molecule has 1 unspecified atom stereocenters. The summed E-state index contributed by atoms with van der Waals surface area (Å²) in [4.78, 5) is 0. The molecule has 0 spiro atoms. The lowest BCUT2D eigenvalue weighted by molar-refractivity contribution is -0.0661. The van der Waals surface area contributed by atoms with Gasteiger partial charge >= 0.3 is 0 Å². The van der Waals surface area contributed by atoms with Crippen molar-refractivity contribution in [1.82, 2.24) is 9.99 Å². The summed E-state index contributed by atoms with van der Waals surface area (Å²) < 4.78 is 2.43. The van der Waals surface area contributed by atoms with Gasteiger partial charge in [0.15, 0.2) is 0 Å². The number of piperazine rings is 1. The fourth-order valence-electron chi connectivity index (χ4n) is 2.39. The number of hydrogen-bond donors (Lipinski definition) is 1. The lowest BCUT2D eigenvalue weighted by Crippen LogP contribution is -2.81. The smallest absolute Gasteiger partial charge is 0.0367 e. The normalized spacial score (nSPS) is 32.6. The standard InChI is InChI=1S/C12H27N2P/c1-9(2)11(5,6)14(15)12(7,8)10(3,4)13-9/h13H,15H2,1-8H3. The second-order valence-corrected chi connectivity index (χ2v) is 7.38. The van der Waals surface area contributed by atoms with Crippen LogP contribution in [0.3, 0.4) is 0 Å². The van der Waals surface area contributed by atoms with E-state index in [1.807, 2.05) is 0 Å². The van der Waals surface area contributed by atoms with Crippen LogP contribution in [0.4, 0.5) is 0 Å². The Hall–Kier alpha value is 0.350. The molecule has 0 aromatic heterocycles. The van der Waals surface area contributed by atoms with Gasteiger partial charge in [0, 0.05) is 22.2 Å². The molecule has 1 fully saturated rings. The molecule has 0 amide bonds. The number of rotatable bonds is 0. The molecule has 1 saturated heterocycles. The molecule has 1 N–H and O–H groups in total. The molecule has 0 aromatic rings. The van der Waals surface area contributed by atoms with Gasteiger partial charge in [-0.15, -0.1) is 0 Å². The zero-order chi connectivity index (χ0) is 12.3. The van der Waals surface area contributed by atoms with Crippen LogP contribution >= 0.6 is 9.39 Å². The summed E-state index contributed by atoms with van der Waals surface area (Å²) in [5.74, 6) is 0. The SMILES string of the molecule is CC1(C)NC(C)(C)C(C)(C)N(P)C1(C)C. The van der Waals surface area contributed by atoms with E-state index in [-0.39, 0.29) is 22.2 Å². The highest BCUT2D eigenvalue weighted by Gasteiger charge is 2.57. The molecule has 1 aliphatic rings. The Morgan fingerprint density at radius 2 is 1.00 bits per heavy atom. The van der Waals surface area contributed by atoms with Gasteiger partial charge in [-0.2, -0.15) is 0 Å². The largest absolute Gasteiger partial charge is 0.303 e. The summed E-state index contributed by atoms with van der Waals surface area (Å²) in [6.45, 7) is 18.3. The molecule has 0 aromatic carbocycles. The predicted molar refractivity (Wildman–Crippen MR) is 71.0 cm³/mol. The van der Waals surface area contributed by atoms with Gasteiger partial charge in [-0.05, 0) is 55.4 Å². The van der Waals surface area contributed by atoms with Crippen molar-refractivity contribution in [2.24, 2.45) is 0 Å². The first-order valence-corrected chi connectivity index (χ1v) is 6.22. The quantitative estimate of drug-likeness (QED) is 0.644. The minimum Gasteiger partial charge on any atom is -0.303 e. The number of hydrogen-bond acceptors (Lipinski definition) is 2. The molecular weight excluding hydrogens is 203 g/mol. The lowest BCUT2D eigenvalue weighted by Gasteiger charge is -2.66. The van der Waals surface area contributed by atoms with Gasteiger partial charge in [-0.1, -0.05) is 9.39 Å². The fourth-order valence-corrected chi connectivity index (χ4v) is 3.03. The van der Waals surface area contributed by atoms with Crippen molar-refractivity contribution in [1.29, 1.82) is 0 Å². The summed E-state index contributed by atoms with van der Waals surface area (Å²) in [6.07, 6.45) is 0. The van der Waals surface area contributed by atoms with Crippen molar-refractivity contribution >= 4 is 9.39 Å². The summed E-state index contributed by atoms with van der Waals surface area (Å²) in [6, 6.07) is 0. The van der Waals surface area contributed by atoms with E-state index in [1.54, 1.807) is 0 Å². The van der Waals surface area contributed by atoms with E-state index >= 15 is 0 Å². The topological polar surface area (TPSA) is 15.3 Å². The molecule has 0 aliphatic carbocycles. The van der Waals surface area contributed by atoms with Crippen molar-refractivity contribution in [2.75, 3.05) is 0 Å². The molecule has 90 valence electrons. The van der Waals surface area contributed by atoms with E-state index in [2.05, 4.69) is 74.8 Å². The molecule has 1 aliphatic heterocycles. The predicted octanol–water partition coefficient (Wildman–Crippen LogP) is 2.80. The number of nitrogens with one attached hydrogen (secondary N) is 1. The average Bonchev–Trinajstić information content (AvgIpc) is 1.98. The molecule has 0 radical (unpaired) electrons. The average molecular weight is 230 g/mol. The Kier molecular flexibility index (Phi) is 2.85. The monoisotopic (exact) mass is 230 g/mol. The fraction of sp³-hybridized carbons (Fsp3) is 1.00. The van der Waals surface area contributed by atoms with E-state index in [0.29, 0.717) is 0 Å². The highest BCUT2D eigenvalue weighted by Crippen LogP contribution is 2.46. The van der Waals surface area contributed by atoms with Crippen LogP contribution in [0, 0.1) is 0 Å². The lowest BCUT2D eigenvalue weighted by atomic mass is 9.69. The van der Waals surface area contributed by atoms with Crippen molar-refractivity contribution < 1.29 is 0 Å². The number of nitrogens with zero attached hydrogens (tertiary/aromatic N) is 1. The van der Waals surface area contributed by atoms with Gasteiger partial charge in [0.25, 0.3) is 0 Å². The van der Waals surface area contributed by atoms with Gasteiger partial charge in [0.05, 0.1) is 0 Å². The maximum atomic E-state index is 3.79. The van der Waals surface area contributed by atoms with E-state index in [9.17, 15) is 0 Å². The van der Waals surface area contributed by atoms with E-state index in [0.717, 1.165) is 0 Å². The molecule has 0 saturated carbocycles. The van der Waals surface area contributed by atoms with Gasteiger partial charge in [0.1, 0.15) is 0 Å². The molecule has 1 rings (SSSR count). The van der Waals surface area contributed by atoms with Gasteiger partial charge in [-0.3, -0.25) is 4.67 Å². The first-order valence-electron chi connectivity index (χ1n) is 5.71. The van der Waals surface area contributed by atoms with E-state index in [1.165, 1.54) is 0 Å². The minimum absolute atomic E-state index is 0.0910. The van der Waals surface area contributed by atoms with Crippen LogP contribution in [-0.2, 0) is 0 Å². The second-order valence-electron chi connectivity index (χ2n) is 6.86. The summed E-state index contributed by atoms with van der Waals surface area (Å²) >= 11 is 0. The van der Waals surface area contributed by atoms with Crippen molar-refractivity contribution in [3.63, 3.8) is 0 Å². The Morgan fingerprint density at radius 1 is 0.733 bits per heavy atom. The maximum Gasteiger partial charge on any atom is 0.0367 e. The van der Waals surface area contributed by atoms with E-state index < -0.39 is 0 Å². The van der Waals surface area contributed by atoms with Crippen LogP contribution in [0.2, 0.25) is 0 Å². The zero-order valence-corrected chi connectivity index (χ0v) is 12.7. The third-order valence-electron chi connectivity index (χ3n) is 4.89. The maximum absolute atomic E-state index is 3.79. The molecule has 2 nitrogen and oxygen atoms in total. The first-order chi connectivity index (χ1) is 6.36. The first kappa shape index (κ1) is 13.4. The Labute approximate surface area is 97.4 Å². The molecule has 15 heavy (non-hydrogen) atoms. The van der Waals surface area contributed by atoms with Gasteiger partial charge in [0.2, 0.25) is 0 Å². The van der Waals surface area contributed by atoms with Crippen LogP contribution in [-0.4, -0.2) is 26.8 Å². The molecule has 1 atom stereocenters. The van der Waals surface area contributed by atoms with Gasteiger partial charge in [-0.25, -0.2) is 0 Å². The Balaban J connectivity index is 3.24. The van der Waals surface area contributed by atoms with Crippen LogP contribution in [0.1, 0.15) is 55.4 Å². The van der Waals surface area contributed by atoms with Crippen LogP contribution in [0.15, 0.2) is 0 Å². The summed E-state index contributed by atoms with van der Waals surface area (Å²) in [7, 11) is 2.92. The Morgan fingerprint density at radius 3 is 1.27 bits per heavy atom. The zero-order valence-electron chi connectivity index (χ0n) is 11.5. The van der Waals surface area contributed by atoms with E-state index in [4.69, 9.17) is 0 Å². The third kappa shape index (κ3) is 1.66. The van der Waals surface area contributed by atoms with Crippen molar-refractivity contribution in [3.05, 3.63) is 0 Å². The molecule has 1 heterocycles. The van der Waals surface area contributed by atoms with Crippen LogP contribution in [0.5, 0.6) is 0 Å². The van der Waals surface area contributed by atoms with Crippen LogP contribution < -0.4 is 5.32 Å². The summed E-state index contributed by atoms with van der Waals surface area (Å²) in [5.41, 5.74) is 0.398.